The molecule has 2 rings (SSSR count). The van der Waals surface area contributed by atoms with Crippen molar-refractivity contribution < 1.29 is 9.53 Å². The third kappa shape index (κ3) is 5.08. The van der Waals surface area contributed by atoms with E-state index in [1.807, 2.05) is 43.0 Å². The zero-order chi connectivity index (χ0) is 18.9. The highest BCUT2D eigenvalue weighted by Crippen LogP contribution is 2.34. The Morgan fingerprint density at radius 1 is 1.38 bits per heavy atom. The lowest BCUT2D eigenvalue weighted by Gasteiger charge is -2.25. The van der Waals surface area contributed by atoms with Gasteiger partial charge in [0, 0.05) is 22.4 Å². The number of benzene rings is 1. The van der Waals surface area contributed by atoms with Crippen molar-refractivity contribution in [1.82, 2.24) is 5.32 Å². The lowest BCUT2D eigenvalue weighted by molar-refractivity contribution is -0.114. The number of ether oxygens (including phenoxy) is 1. The van der Waals surface area contributed by atoms with Crippen LogP contribution in [0, 0.1) is 12.3 Å². The number of Topliss-reactive ketones (excluding diaryl/α,β-unsaturated/α-hetero) is 1. The van der Waals surface area contributed by atoms with Crippen LogP contribution in [0.5, 0.6) is 5.75 Å². The monoisotopic (exact) mass is 371 g/mol. The number of hydrogen-bond acceptors (Lipinski definition) is 4. The normalized spacial score (nSPS) is 20.2. The number of para-hydroxylation sites is 1. The topological polar surface area (TPSA) is 38.3 Å². The number of allylic oxidation sites excluding steroid dienone is 1. The quantitative estimate of drug-likeness (QED) is 0.506. The number of carbonyl (C=O) groups is 1. The van der Waals surface area contributed by atoms with Gasteiger partial charge in [0.05, 0.1) is 19.2 Å². The zero-order valence-corrected chi connectivity index (χ0v) is 16.8. The van der Waals surface area contributed by atoms with Gasteiger partial charge >= 0.3 is 0 Å². The van der Waals surface area contributed by atoms with Crippen LogP contribution in [0.25, 0.3) is 5.70 Å². The summed E-state index contributed by atoms with van der Waals surface area (Å²) in [4.78, 5) is 12.5. The fourth-order valence-electron chi connectivity index (χ4n) is 3.35. The first-order valence-electron chi connectivity index (χ1n) is 9.31. The molecular weight excluding hydrogens is 342 g/mol. The maximum Gasteiger partial charge on any atom is 0.172 e. The Kier molecular flexibility index (Phi) is 8.12. The molecule has 3 nitrogen and oxygen atoms in total. The molecule has 1 aliphatic carbocycles. The summed E-state index contributed by atoms with van der Waals surface area (Å²) in [5, 5.41) is 4.27. The molecule has 1 aromatic rings. The molecule has 1 N–H and O–H groups in total. The summed E-state index contributed by atoms with van der Waals surface area (Å²) in [7, 11) is 1.66. The van der Waals surface area contributed by atoms with Gasteiger partial charge in [0.2, 0.25) is 0 Å². The molecule has 140 valence electrons. The average Bonchev–Trinajstić information content (AvgIpc) is 3.11. The van der Waals surface area contributed by atoms with Gasteiger partial charge in [-0.1, -0.05) is 31.4 Å². The highest BCUT2D eigenvalue weighted by molar-refractivity contribution is 7.99. The van der Waals surface area contributed by atoms with E-state index in [1.54, 1.807) is 7.11 Å². The van der Waals surface area contributed by atoms with Crippen LogP contribution in [-0.2, 0) is 4.79 Å². The van der Waals surface area contributed by atoms with Gasteiger partial charge in [0.25, 0.3) is 0 Å². The van der Waals surface area contributed by atoms with Gasteiger partial charge < -0.3 is 10.1 Å². The molecule has 1 fully saturated rings. The molecule has 0 heterocycles. The smallest absolute Gasteiger partial charge is 0.172 e. The second-order valence-corrected chi connectivity index (χ2v) is 7.94. The molecule has 4 heteroatoms. The molecule has 0 spiro atoms. The molecule has 0 aromatic heterocycles. The van der Waals surface area contributed by atoms with Crippen molar-refractivity contribution in [2.45, 2.75) is 57.2 Å². The van der Waals surface area contributed by atoms with Gasteiger partial charge in [-0.05, 0) is 44.1 Å². The van der Waals surface area contributed by atoms with Crippen LogP contribution in [0.3, 0.4) is 0 Å². The minimum atomic E-state index is -0.0170. The van der Waals surface area contributed by atoms with Crippen LogP contribution in [-0.4, -0.2) is 29.9 Å². The number of ketones is 1. The van der Waals surface area contributed by atoms with Crippen molar-refractivity contribution in [1.29, 1.82) is 0 Å². The molecule has 0 bridgehead atoms. The molecule has 2 unspecified atom stereocenters. The minimum absolute atomic E-state index is 0.0170. The highest BCUT2D eigenvalue weighted by Gasteiger charge is 2.29. The van der Waals surface area contributed by atoms with E-state index in [-0.39, 0.29) is 12.2 Å². The van der Waals surface area contributed by atoms with Crippen molar-refractivity contribution in [2.24, 2.45) is 0 Å². The fourth-order valence-corrected chi connectivity index (χ4v) is 4.66. The Hall–Kier alpha value is -1.86. The van der Waals surface area contributed by atoms with Crippen molar-refractivity contribution in [2.75, 3.05) is 12.9 Å². The molecule has 26 heavy (non-hydrogen) atoms. The Balaban J connectivity index is 2.37. The predicted molar refractivity (Wildman–Crippen MR) is 111 cm³/mol. The van der Waals surface area contributed by atoms with Crippen molar-refractivity contribution in [3.63, 3.8) is 0 Å². The summed E-state index contributed by atoms with van der Waals surface area (Å²) < 4.78 is 5.54. The fraction of sp³-hybridized carbons (Fsp3) is 0.500. The molecule has 1 saturated carbocycles. The van der Waals surface area contributed by atoms with Gasteiger partial charge in [-0.3, -0.25) is 4.79 Å². The van der Waals surface area contributed by atoms with Gasteiger partial charge in [-0.15, -0.1) is 6.42 Å². The molecule has 0 saturated heterocycles. The van der Waals surface area contributed by atoms with Crippen molar-refractivity contribution in [3.8, 4) is 18.1 Å². The van der Waals surface area contributed by atoms with Gasteiger partial charge in [0.1, 0.15) is 5.75 Å². The number of methoxy groups -OCH3 is 1. The van der Waals surface area contributed by atoms with Crippen molar-refractivity contribution in [3.05, 3.63) is 35.4 Å². The van der Waals surface area contributed by atoms with E-state index in [2.05, 4.69) is 18.2 Å². The maximum absolute atomic E-state index is 12.5. The second kappa shape index (κ2) is 10.3. The minimum Gasteiger partial charge on any atom is -0.496 e. The first-order valence-corrected chi connectivity index (χ1v) is 10.4. The van der Waals surface area contributed by atoms with Crippen LogP contribution >= 0.6 is 11.8 Å². The first kappa shape index (κ1) is 20.5. The Morgan fingerprint density at radius 3 is 2.85 bits per heavy atom. The second-order valence-electron chi connectivity index (χ2n) is 6.60. The predicted octanol–water partition coefficient (Wildman–Crippen LogP) is 4.67. The molecule has 0 amide bonds. The van der Waals surface area contributed by atoms with Crippen LogP contribution in [0.2, 0.25) is 0 Å². The maximum atomic E-state index is 12.5. The molecule has 0 radical (unpaired) electrons. The van der Waals surface area contributed by atoms with E-state index in [0.717, 1.165) is 23.4 Å². The lowest BCUT2D eigenvalue weighted by atomic mass is 10.0. The summed E-state index contributed by atoms with van der Waals surface area (Å²) in [6.07, 6.45) is 10.2. The van der Waals surface area contributed by atoms with Crippen molar-refractivity contribution >= 4 is 23.2 Å². The number of rotatable bonds is 9. The molecule has 0 aliphatic heterocycles. The summed E-state index contributed by atoms with van der Waals surface area (Å²) in [6, 6.07) is 8.19. The van der Waals surface area contributed by atoms with Crippen LogP contribution in [0.1, 0.15) is 51.5 Å². The first-order chi connectivity index (χ1) is 12.6. The third-order valence-corrected chi connectivity index (χ3v) is 6.39. The molecule has 1 aliphatic rings. The van der Waals surface area contributed by atoms with Gasteiger partial charge in [-0.25, -0.2) is 0 Å². The Bertz CT molecular complexity index is 690. The largest absolute Gasteiger partial charge is 0.496 e. The van der Waals surface area contributed by atoms with E-state index in [1.165, 1.54) is 25.0 Å². The van der Waals surface area contributed by atoms with Gasteiger partial charge in [-0.2, -0.15) is 11.8 Å². The van der Waals surface area contributed by atoms with E-state index >= 15 is 0 Å². The number of carbonyl (C=O) groups excluding carboxylic acids is 1. The number of terminal acetylenes is 1. The number of nitrogens with one attached hydrogen (secondary N) is 1. The number of thioether (sulfide) groups is 1. The summed E-state index contributed by atoms with van der Waals surface area (Å²) in [5.74, 6) is 4.38. The van der Waals surface area contributed by atoms with Crippen LogP contribution in [0.15, 0.2) is 29.8 Å². The average molecular weight is 372 g/mol. The Labute approximate surface area is 162 Å². The summed E-state index contributed by atoms with van der Waals surface area (Å²) in [5.41, 5.74) is 2.46. The number of hydrogen-bond donors (Lipinski definition) is 1. The summed E-state index contributed by atoms with van der Waals surface area (Å²) in [6.45, 7) is 4.07. The standard InChI is InChI=1S/C22H29NO2S/c1-5-10-19(24)16(3)22(17-11-7-8-13-20(17)25-4)23-18-12-9-14-21(18)26-15-6-2/h1,7-8,11,13,18,21,23H,6,9-10,12,14-15H2,2-4H3/b22-16-. The third-order valence-electron chi connectivity index (χ3n) is 4.75. The van der Waals surface area contributed by atoms with E-state index < -0.39 is 0 Å². The Morgan fingerprint density at radius 2 is 2.15 bits per heavy atom. The van der Waals surface area contributed by atoms with Crippen LogP contribution in [0.4, 0.5) is 0 Å². The lowest BCUT2D eigenvalue weighted by Crippen LogP contribution is -2.34. The van der Waals surface area contributed by atoms with E-state index in [4.69, 9.17) is 11.2 Å². The molecular formula is C22H29NO2S. The summed E-state index contributed by atoms with van der Waals surface area (Å²) >= 11 is 2.04. The van der Waals surface area contributed by atoms with Crippen LogP contribution < -0.4 is 10.1 Å². The van der Waals surface area contributed by atoms with E-state index in [9.17, 15) is 4.79 Å². The molecule has 2 atom stereocenters. The molecule has 1 aromatic carbocycles. The van der Waals surface area contributed by atoms with Gasteiger partial charge in [0.15, 0.2) is 5.78 Å². The highest BCUT2D eigenvalue weighted by atomic mass is 32.2. The van der Waals surface area contributed by atoms with E-state index in [0.29, 0.717) is 16.9 Å². The zero-order valence-electron chi connectivity index (χ0n) is 16.0. The SMILES string of the molecule is C#CCC(=O)/C(C)=C(\NC1CCCC1SCCC)c1ccccc1OC.